The summed E-state index contributed by atoms with van der Waals surface area (Å²) >= 11 is 0. The molecule has 0 bridgehead atoms. The van der Waals surface area contributed by atoms with Crippen molar-refractivity contribution >= 4 is 21.6 Å². The maximum atomic E-state index is 12.6. The van der Waals surface area contributed by atoms with Gasteiger partial charge in [-0.3, -0.25) is 4.79 Å². The van der Waals surface area contributed by atoms with Gasteiger partial charge in [-0.1, -0.05) is 42.5 Å². The lowest BCUT2D eigenvalue weighted by Crippen LogP contribution is -2.42. The number of amides is 1. The Labute approximate surface area is 161 Å². The lowest BCUT2D eigenvalue weighted by atomic mass is 9.97. The number of benzene rings is 2. The molecule has 0 radical (unpaired) electrons. The van der Waals surface area contributed by atoms with Crippen LogP contribution in [0.4, 0.5) is 5.69 Å². The summed E-state index contributed by atoms with van der Waals surface area (Å²) in [5.41, 5.74) is 2.90. The third-order valence-corrected chi connectivity index (χ3v) is 6.87. The quantitative estimate of drug-likeness (QED) is 0.829. The van der Waals surface area contributed by atoms with Crippen LogP contribution in [-0.4, -0.2) is 37.5 Å². The summed E-state index contributed by atoms with van der Waals surface area (Å²) in [6, 6.07) is 17.3. The van der Waals surface area contributed by atoms with Gasteiger partial charge in [-0.15, -0.1) is 0 Å². The van der Waals surface area contributed by atoms with E-state index in [9.17, 15) is 13.2 Å². The number of nitrogens with one attached hydrogen (secondary N) is 1. The van der Waals surface area contributed by atoms with Crippen LogP contribution in [0.2, 0.25) is 0 Å². The van der Waals surface area contributed by atoms with Crippen molar-refractivity contribution in [3.05, 3.63) is 65.7 Å². The second-order valence-corrected chi connectivity index (χ2v) is 9.17. The highest BCUT2D eigenvalue weighted by Crippen LogP contribution is 2.22. The second-order valence-electron chi connectivity index (χ2n) is 7.08. The summed E-state index contributed by atoms with van der Waals surface area (Å²) in [6.07, 6.45) is 1.63. The van der Waals surface area contributed by atoms with Gasteiger partial charge in [0, 0.05) is 24.7 Å². The molecule has 144 valence electrons. The van der Waals surface area contributed by atoms with Gasteiger partial charge < -0.3 is 5.32 Å². The van der Waals surface area contributed by atoms with Crippen LogP contribution in [0, 0.1) is 12.8 Å². The number of rotatable bonds is 6. The summed E-state index contributed by atoms with van der Waals surface area (Å²) in [4.78, 5) is 12.5. The number of sulfonamides is 1. The highest BCUT2D eigenvalue weighted by Gasteiger charge is 2.30. The van der Waals surface area contributed by atoms with Crippen LogP contribution in [0.1, 0.15) is 24.0 Å². The molecule has 2 aromatic carbocycles. The molecular formula is C21H26N2O3S. The number of nitrogens with zero attached hydrogens (tertiary/aromatic N) is 1. The first-order chi connectivity index (χ1) is 12.9. The molecule has 3 rings (SSSR count). The van der Waals surface area contributed by atoms with E-state index in [1.54, 1.807) is 0 Å². The maximum absolute atomic E-state index is 12.6. The van der Waals surface area contributed by atoms with Crippen LogP contribution >= 0.6 is 0 Å². The first-order valence-corrected chi connectivity index (χ1v) is 10.9. The van der Waals surface area contributed by atoms with Gasteiger partial charge in [0.2, 0.25) is 15.9 Å². The van der Waals surface area contributed by atoms with E-state index >= 15 is 0 Å². The van der Waals surface area contributed by atoms with Crippen LogP contribution in [-0.2, 0) is 21.2 Å². The third kappa shape index (κ3) is 5.40. The van der Waals surface area contributed by atoms with Crippen molar-refractivity contribution in [1.82, 2.24) is 4.31 Å². The van der Waals surface area contributed by atoms with Crippen molar-refractivity contribution < 1.29 is 13.2 Å². The largest absolute Gasteiger partial charge is 0.326 e. The van der Waals surface area contributed by atoms with Gasteiger partial charge in [-0.05, 0) is 49.4 Å². The highest BCUT2D eigenvalue weighted by molar-refractivity contribution is 7.89. The zero-order valence-electron chi connectivity index (χ0n) is 15.6. The first kappa shape index (κ1) is 19.6. The Bertz CT molecular complexity index is 873. The molecule has 2 aromatic rings. The van der Waals surface area contributed by atoms with Gasteiger partial charge in [0.15, 0.2) is 0 Å². The summed E-state index contributed by atoms with van der Waals surface area (Å²) in [7, 11) is -3.29. The standard InChI is InChI=1S/C21H26N2O3S/c1-17-6-5-9-20(16-17)22-21(24)19-10-13-23(14-11-19)27(25,26)15-12-18-7-3-2-4-8-18/h2-9,16,19H,10-15H2,1H3,(H,22,24). The molecule has 1 N–H and O–H groups in total. The lowest BCUT2D eigenvalue weighted by molar-refractivity contribution is -0.120. The molecule has 0 saturated carbocycles. The van der Waals surface area contributed by atoms with E-state index < -0.39 is 10.0 Å². The fourth-order valence-corrected chi connectivity index (χ4v) is 4.90. The van der Waals surface area contributed by atoms with Crippen molar-refractivity contribution in [3.63, 3.8) is 0 Å². The number of piperidine rings is 1. The molecule has 1 fully saturated rings. The molecule has 1 amide bonds. The van der Waals surface area contributed by atoms with Crippen molar-refractivity contribution in [2.24, 2.45) is 5.92 Å². The minimum Gasteiger partial charge on any atom is -0.326 e. The Hall–Kier alpha value is -2.18. The Balaban J connectivity index is 1.51. The molecule has 0 atom stereocenters. The number of anilines is 1. The normalized spacial score (nSPS) is 16.2. The van der Waals surface area contributed by atoms with Crippen molar-refractivity contribution in [2.45, 2.75) is 26.2 Å². The van der Waals surface area contributed by atoms with Crippen molar-refractivity contribution in [3.8, 4) is 0 Å². The molecule has 1 saturated heterocycles. The number of hydrogen-bond acceptors (Lipinski definition) is 3. The Morgan fingerprint density at radius 1 is 1.07 bits per heavy atom. The molecule has 0 aromatic heterocycles. The minimum absolute atomic E-state index is 0.0260. The lowest BCUT2D eigenvalue weighted by Gasteiger charge is -2.30. The zero-order valence-corrected chi connectivity index (χ0v) is 16.4. The second kappa shape index (κ2) is 8.67. The molecule has 5 nitrogen and oxygen atoms in total. The minimum atomic E-state index is -3.29. The topological polar surface area (TPSA) is 66.5 Å². The first-order valence-electron chi connectivity index (χ1n) is 9.33. The van der Waals surface area contributed by atoms with E-state index in [-0.39, 0.29) is 17.6 Å². The fourth-order valence-electron chi connectivity index (χ4n) is 3.38. The molecule has 1 aliphatic heterocycles. The van der Waals surface area contributed by atoms with Crippen LogP contribution in [0.25, 0.3) is 0 Å². The number of carbonyl (C=O) groups is 1. The van der Waals surface area contributed by atoms with Gasteiger partial charge in [0.1, 0.15) is 0 Å². The van der Waals surface area contributed by atoms with E-state index in [1.165, 1.54) is 4.31 Å². The summed E-state index contributed by atoms with van der Waals surface area (Å²) in [5.74, 6) is -0.0648. The predicted molar refractivity (Wildman–Crippen MR) is 108 cm³/mol. The fraction of sp³-hybridized carbons (Fsp3) is 0.381. The number of hydrogen-bond donors (Lipinski definition) is 1. The molecule has 1 heterocycles. The number of aryl methyl sites for hydroxylation is 2. The SMILES string of the molecule is Cc1cccc(NC(=O)C2CCN(S(=O)(=O)CCc3ccccc3)CC2)c1. The van der Waals surface area contributed by atoms with Crippen molar-refractivity contribution in [1.29, 1.82) is 0 Å². The van der Waals surface area contributed by atoms with E-state index in [1.807, 2.05) is 61.5 Å². The van der Waals surface area contributed by atoms with E-state index in [0.717, 1.165) is 16.8 Å². The van der Waals surface area contributed by atoms with Crippen molar-refractivity contribution in [2.75, 3.05) is 24.2 Å². The van der Waals surface area contributed by atoms with Gasteiger partial charge in [0.05, 0.1) is 5.75 Å². The molecule has 1 aliphatic rings. The van der Waals surface area contributed by atoms with E-state index in [2.05, 4.69) is 5.32 Å². The Morgan fingerprint density at radius 2 is 1.78 bits per heavy atom. The summed E-state index contributed by atoms with van der Waals surface area (Å²) < 4.78 is 26.7. The molecule has 0 unspecified atom stereocenters. The maximum Gasteiger partial charge on any atom is 0.227 e. The highest BCUT2D eigenvalue weighted by atomic mass is 32.2. The smallest absolute Gasteiger partial charge is 0.227 e. The van der Waals surface area contributed by atoms with E-state index in [4.69, 9.17) is 0 Å². The predicted octanol–water partition coefficient (Wildman–Crippen LogP) is 3.22. The van der Waals surface area contributed by atoms with Gasteiger partial charge in [-0.2, -0.15) is 0 Å². The number of carbonyl (C=O) groups excluding carboxylic acids is 1. The third-order valence-electron chi connectivity index (χ3n) is 5.00. The van der Waals surface area contributed by atoms with E-state index in [0.29, 0.717) is 32.4 Å². The van der Waals surface area contributed by atoms with Gasteiger partial charge in [0.25, 0.3) is 0 Å². The molecule has 0 spiro atoms. The molecular weight excluding hydrogens is 360 g/mol. The van der Waals surface area contributed by atoms with Crippen LogP contribution in [0.5, 0.6) is 0 Å². The monoisotopic (exact) mass is 386 g/mol. The Kier molecular flexibility index (Phi) is 6.29. The van der Waals surface area contributed by atoms with Crippen LogP contribution in [0.3, 0.4) is 0 Å². The van der Waals surface area contributed by atoms with Gasteiger partial charge in [-0.25, -0.2) is 12.7 Å². The van der Waals surface area contributed by atoms with Crippen LogP contribution < -0.4 is 5.32 Å². The van der Waals surface area contributed by atoms with Gasteiger partial charge >= 0.3 is 0 Å². The Morgan fingerprint density at radius 3 is 2.44 bits per heavy atom. The molecule has 0 aliphatic carbocycles. The summed E-state index contributed by atoms with van der Waals surface area (Å²) in [6.45, 7) is 2.79. The molecule has 27 heavy (non-hydrogen) atoms. The zero-order chi connectivity index (χ0) is 19.3. The molecule has 6 heteroatoms. The van der Waals surface area contributed by atoms with Crippen LogP contribution in [0.15, 0.2) is 54.6 Å². The average molecular weight is 387 g/mol. The summed E-state index contributed by atoms with van der Waals surface area (Å²) in [5, 5.41) is 2.95. The average Bonchev–Trinajstić information content (AvgIpc) is 2.67.